The van der Waals surface area contributed by atoms with Gasteiger partial charge in [-0.05, 0) is 32.0 Å². The standard InChI is InChI=1S/C17H18N2O3/c1-11-15(12-6-3-4-7-13(12)19-11)16(20)18-10-17(2,21)14-8-5-9-22-14/h3-9,19,21H,10H2,1-2H3,(H,18,20). The number of benzene rings is 1. The topological polar surface area (TPSA) is 78.3 Å². The van der Waals surface area contributed by atoms with E-state index in [1.807, 2.05) is 31.2 Å². The van der Waals surface area contributed by atoms with Crippen LogP contribution in [-0.2, 0) is 5.60 Å². The van der Waals surface area contributed by atoms with Crippen molar-refractivity contribution in [2.75, 3.05) is 6.54 Å². The number of rotatable bonds is 4. The van der Waals surface area contributed by atoms with Crippen molar-refractivity contribution in [1.82, 2.24) is 10.3 Å². The highest BCUT2D eigenvalue weighted by molar-refractivity contribution is 6.08. The number of H-pyrrole nitrogens is 1. The van der Waals surface area contributed by atoms with E-state index in [0.29, 0.717) is 11.3 Å². The summed E-state index contributed by atoms with van der Waals surface area (Å²) >= 11 is 0. The fourth-order valence-electron chi connectivity index (χ4n) is 2.58. The Balaban J connectivity index is 1.81. The van der Waals surface area contributed by atoms with Gasteiger partial charge in [-0.2, -0.15) is 0 Å². The summed E-state index contributed by atoms with van der Waals surface area (Å²) in [5.74, 6) is 0.199. The Bertz CT molecular complexity index is 801. The van der Waals surface area contributed by atoms with Crippen LogP contribution in [0.4, 0.5) is 0 Å². The fourth-order valence-corrected chi connectivity index (χ4v) is 2.58. The molecule has 5 nitrogen and oxygen atoms in total. The van der Waals surface area contributed by atoms with Crippen LogP contribution in [0, 0.1) is 6.92 Å². The van der Waals surface area contributed by atoms with Gasteiger partial charge in [0.05, 0.1) is 18.4 Å². The maximum atomic E-state index is 12.5. The molecule has 2 aromatic heterocycles. The highest BCUT2D eigenvalue weighted by Crippen LogP contribution is 2.23. The third kappa shape index (κ3) is 2.51. The average molecular weight is 298 g/mol. The van der Waals surface area contributed by atoms with E-state index in [1.165, 1.54) is 6.26 Å². The summed E-state index contributed by atoms with van der Waals surface area (Å²) in [6.07, 6.45) is 1.50. The number of nitrogens with one attached hydrogen (secondary N) is 2. The Morgan fingerprint density at radius 3 is 2.82 bits per heavy atom. The van der Waals surface area contributed by atoms with Crippen LogP contribution in [0.15, 0.2) is 47.1 Å². The summed E-state index contributed by atoms with van der Waals surface area (Å²) in [7, 11) is 0. The molecule has 0 bridgehead atoms. The second kappa shape index (κ2) is 5.35. The summed E-state index contributed by atoms with van der Waals surface area (Å²) < 4.78 is 5.21. The first-order valence-corrected chi connectivity index (χ1v) is 7.11. The molecule has 0 aliphatic heterocycles. The molecule has 5 heteroatoms. The number of aromatic amines is 1. The number of carbonyl (C=O) groups excluding carboxylic acids is 1. The van der Waals surface area contributed by atoms with Gasteiger partial charge in [0.15, 0.2) is 0 Å². The summed E-state index contributed by atoms with van der Waals surface area (Å²) in [6, 6.07) is 11.0. The van der Waals surface area contributed by atoms with Gasteiger partial charge in [-0.3, -0.25) is 4.79 Å². The van der Waals surface area contributed by atoms with Gasteiger partial charge in [-0.25, -0.2) is 0 Å². The number of amides is 1. The highest BCUT2D eigenvalue weighted by Gasteiger charge is 2.27. The van der Waals surface area contributed by atoms with E-state index in [9.17, 15) is 9.90 Å². The van der Waals surface area contributed by atoms with Crippen molar-refractivity contribution in [3.8, 4) is 0 Å². The maximum absolute atomic E-state index is 12.5. The quantitative estimate of drug-likeness (QED) is 0.693. The molecule has 1 unspecified atom stereocenters. The van der Waals surface area contributed by atoms with Gasteiger partial charge in [-0.15, -0.1) is 0 Å². The van der Waals surface area contributed by atoms with Gasteiger partial charge in [0.2, 0.25) is 0 Å². The largest absolute Gasteiger partial charge is 0.466 e. The number of furan rings is 1. The van der Waals surface area contributed by atoms with Crippen molar-refractivity contribution in [1.29, 1.82) is 0 Å². The molecular weight excluding hydrogens is 280 g/mol. The van der Waals surface area contributed by atoms with E-state index < -0.39 is 5.60 Å². The molecule has 0 fully saturated rings. The summed E-state index contributed by atoms with van der Waals surface area (Å²) in [5.41, 5.74) is 1.07. The second-order valence-corrected chi connectivity index (χ2v) is 5.60. The van der Waals surface area contributed by atoms with Crippen LogP contribution in [0.3, 0.4) is 0 Å². The van der Waals surface area contributed by atoms with Crippen LogP contribution in [0.1, 0.15) is 28.7 Å². The molecule has 1 aromatic carbocycles. The number of hydrogen-bond donors (Lipinski definition) is 3. The summed E-state index contributed by atoms with van der Waals surface area (Å²) in [6.45, 7) is 3.53. The van der Waals surface area contributed by atoms with Crippen molar-refractivity contribution in [3.05, 3.63) is 59.7 Å². The Labute approximate surface area is 128 Å². The number of fused-ring (bicyclic) bond motifs is 1. The molecule has 0 aliphatic carbocycles. The molecule has 0 aliphatic rings. The molecule has 2 heterocycles. The van der Waals surface area contributed by atoms with E-state index in [2.05, 4.69) is 10.3 Å². The fraction of sp³-hybridized carbons (Fsp3) is 0.235. The summed E-state index contributed by atoms with van der Waals surface area (Å²) in [4.78, 5) is 15.7. The average Bonchev–Trinajstić information content (AvgIpc) is 3.12. The molecule has 3 N–H and O–H groups in total. The van der Waals surface area contributed by atoms with Crippen LogP contribution in [-0.4, -0.2) is 22.5 Å². The molecule has 0 spiro atoms. The molecule has 1 atom stereocenters. The number of aryl methyl sites for hydroxylation is 1. The van der Waals surface area contributed by atoms with Crippen molar-refractivity contribution < 1.29 is 14.3 Å². The zero-order valence-corrected chi connectivity index (χ0v) is 12.5. The van der Waals surface area contributed by atoms with Crippen LogP contribution in [0.2, 0.25) is 0 Å². The van der Waals surface area contributed by atoms with Crippen LogP contribution in [0.25, 0.3) is 10.9 Å². The normalized spacial score (nSPS) is 14.0. The van der Waals surface area contributed by atoms with Crippen LogP contribution >= 0.6 is 0 Å². The zero-order valence-electron chi connectivity index (χ0n) is 12.5. The minimum absolute atomic E-state index is 0.0678. The van der Waals surface area contributed by atoms with Gasteiger partial charge in [-0.1, -0.05) is 18.2 Å². The molecule has 3 aromatic rings. The molecule has 0 saturated carbocycles. The number of hydrogen-bond acceptors (Lipinski definition) is 3. The third-order valence-corrected chi connectivity index (χ3v) is 3.77. The SMILES string of the molecule is Cc1[nH]c2ccccc2c1C(=O)NCC(C)(O)c1ccco1. The first kappa shape index (κ1) is 14.4. The predicted molar refractivity (Wildman–Crippen MR) is 83.6 cm³/mol. The van der Waals surface area contributed by atoms with Crippen molar-refractivity contribution in [2.45, 2.75) is 19.4 Å². The van der Waals surface area contributed by atoms with Crippen LogP contribution < -0.4 is 5.32 Å². The lowest BCUT2D eigenvalue weighted by Crippen LogP contribution is -2.38. The lowest BCUT2D eigenvalue weighted by molar-refractivity contribution is 0.0330. The lowest BCUT2D eigenvalue weighted by atomic mass is 10.0. The van der Waals surface area contributed by atoms with E-state index in [-0.39, 0.29) is 12.5 Å². The molecular formula is C17H18N2O3. The lowest BCUT2D eigenvalue weighted by Gasteiger charge is -2.21. The first-order valence-electron chi connectivity index (χ1n) is 7.11. The number of carbonyl (C=O) groups is 1. The molecule has 22 heavy (non-hydrogen) atoms. The minimum atomic E-state index is -1.25. The van der Waals surface area contributed by atoms with Gasteiger partial charge in [0.1, 0.15) is 11.4 Å². The van der Waals surface area contributed by atoms with Gasteiger partial charge in [0.25, 0.3) is 5.91 Å². The Morgan fingerprint density at radius 1 is 1.32 bits per heavy atom. The molecule has 3 rings (SSSR count). The predicted octanol–water partition coefficient (Wildman–Crippen LogP) is 2.71. The van der Waals surface area contributed by atoms with Gasteiger partial charge in [0, 0.05) is 16.6 Å². The van der Waals surface area contributed by atoms with E-state index in [4.69, 9.17) is 4.42 Å². The first-order chi connectivity index (χ1) is 10.5. The summed E-state index contributed by atoms with van der Waals surface area (Å²) in [5, 5.41) is 14.0. The van der Waals surface area contributed by atoms with Crippen molar-refractivity contribution in [2.24, 2.45) is 0 Å². The Morgan fingerprint density at radius 2 is 2.09 bits per heavy atom. The monoisotopic (exact) mass is 298 g/mol. The van der Waals surface area contributed by atoms with Crippen LogP contribution in [0.5, 0.6) is 0 Å². The van der Waals surface area contributed by atoms with Crippen molar-refractivity contribution in [3.63, 3.8) is 0 Å². The molecule has 0 saturated heterocycles. The maximum Gasteiger partial charge on any atom is 0.253 e. The number of aliphatic hydroxyl groups is 1. The Kier molecular flexibility index (Phi) is 3.50. The molecule has 114 valence electrons. The number of aromatic nitrogens is 1. The second-order valence-electron chi connectivity index (χ2n) is 5.60. The molecule has 1 amide bonds. The van der Waals surface area contributed by atoms with Gasteiger partial charge < -0.3 is 19.8 Å². The minimum Gasteiger partial charge on any atom is -0.466 e. The van der Waals surface area contributed by atoms with E-state index in [1.54, 1.807) is 19.1 Å². The van der Waals surface area contributed by atoms with E-state index in [0.717, 1.165) is 16.6 Å². The van der Waals surface area contributed by atoms with E-state index >= 15 is 0 Å². The smallest absolute Gasteiger partial charge is 0.253 e. The third-order valence-electron chi connectivity index (χ3n) is 3.77. The molecule has 0 radical (unpaired) electrons. The zero-order chi connectivity index (χ0) is 15.7. The Hall–Kier alpha value is -2.53. The highest BCUT2D eigenvalue weighted by atomic mass is 16.4. The van der Waals surface area contributed by atoms with Crippen molar-refractivity contribution >= 4 is 16.8 Å². The van der Waals surface area contributed by atoms with Gasteiger partial charge >= 0.3 is 0 Å². The number of para-hydroxylation sites is 1.